The van der Waals surface area contributed by atoms with Crippen molar-refractivity contribution in [1.29, 1.82) is 0 Å². The number of hydrogen-bond donors (Lipinski definition) is 0. The zero-order valence-electron chi connectivity index (χ0n) is 29.0. The molecule has 3 aliphatic heterocycles. The van der Waals surface area contributed by atoms with Crippen molar-refractivity contribution in [2.75, 3.05) is 60.3 Å². The number of halogens is 1. The third kappa shape index (κ3) is 7.13. The van der Waals surface area contributed by atoms with Gasteiger partial charge >= 0.3 is 11.9 Å². The number of benzene rings is 2. The van der Waals surface area contributed by atoms with Gasteiger partial charge in [-0.3, -0.25) is 9.59 Å². The van der Waals surface area contributed by atoms with E-state index in [-0.39, 0.29) is 60.9 Å². The summed E-state index contributed by atoms with van der Waals surface area (Å²) in [6.45, 7) is 10.8. The molecule has 5 rings (SSSR count). The lowest BCUT2D eigenvalue weighted by atomic mass is 9.81. The smallest absolute Gasteiger partial charge is 0.363 e. The molecular formula is C36H48ClN2O9+. The number of piperidine rings is 1. The zero-order valence-corrected chi connectivity index (χ0v) is 29.8. The highest BCUT2D eigenvalue weighted by Crippen LogP contribution is 2.49. The number of ketones is 1. The standard InChI is InChI=1S/C36H48ClN2O9/c1-8-45-32(42)16-24-14-15-38(18-28(24)23(2)40)39(20-36(5)21-47-35(3,4)48-22-36)29-13-12-25(37)17-27(29)33(46-19-31(39)41)26-10-9-11-30(43-6)34(26)44-7/h9-13,17,24,28,33H,8,14-16,18-22H2,1-7H3/q+1/t24?,28-,33-,39?/m1/s1. The van der Waals surface area contributed by atoms with E-state index in [1.54, 1.807) is 40.2 Å². The molecule has 12 heteroatoms. The van der Waals surface area contributed by atoms with Crippen LogP contribution in [0.4, 0.5) is 5.69 Å². The van der Waals surface area contributed by atoms with Gasteiger partial charge in [-0.25, -0.2) is 4.79 Å². The predicted molar refractivity (Wildman–Crippen MR) is 180 cm³/mol. The Balaban J connectivity index is 1.68. The molecule has 3 heterocycles. The number of carbonyl (C=O) groups excluding carboxylic acids is 3. The summed E-state index contributed by atoms with van der Waals surface area (Å²) in [5.41, 5.74) is 1.44. The van der Waals surface area contributed by atoms with Gasteiger partial charge in [0.05, 0.1) is 51.6 Å². The number of ether oxygens (including phenoxy) is 6. The van der Waals surface area contributed by atoms with Crippen LogP contribution in [0, 0.1) is 17.3 Å². The largest absolute Gasteiger partial charge is 0.493 e. The lowest BCUT2D eigenvalue weighted by molar-refractivity contribution is -0.287. The van der Waals surface area contributed by atoms with Crippen molar-refractivity contribution in [3.8, 4) is 11.5 Å². The number of esters is 1. The Morgan fingerprint density at radius 3 is 2.44 bits per heavy atom. The van der Waals surface area contributed by atoms with E-state index in [4.69, 9.17) is 40.0 Å². The quantitative estimate of drug-likeness (QED) is 0.235. The Morgan fingerprint density at radius 1 is 1.06 bits per heavy atom. The van der Waals surface area contributed by atoms with Crippen molar-refractivity contribution < 1.29 is 42.8 Å². The van der Waals surface area contributed by atoms with E-state index in [0.717, 1.165) is 0 Å². The summed E-state index contributed by atoms with van der Waals surface area (Å²) in [4.78, 5) is 40.8. The van der Waals surface area contributed by atoms with Crippen LogP contribution >= 0.6 is 11.6 Å². The number of Topliss-reactive ketones (excluding diaryl/α,β-unsaturated/α-hetero) is 1. The summed E-state index contributed by atoms with van der Waals surface area (Å²) in [5.74, 6) is -1.04. The van der Waals surface area contributed by atoms with Gasteiger partial charge in [-0.1, -0.05) is 23.7 Å². The summed E-state index contributed by atoms with van der Waals surface area (Å²) in [6, 6.07) is 11.0. The SMILES string of the molecule is CCOC(=O)CC1CCN([N+]2(CC3(C)COC(C)(C)OC3)C(=O)CO[C@H](c3cccc(OC)c3OC)c3cc(Cl)ccc32)C[C@@H]1C(C)=O. The van der Waals surface area contributed by atoms with Crippen LogP contribution in [0.15, 0.2) is 36.4 Å². The minimum Gasteiger partial charge on any atom is -0.493 e. The van der Waals surface area contributed by atoms with Crippen LogP contribution < -0.4 is 14.1 Å². The van der Waals surface area contributed by atoms with E-state index in [2.05, 4.69) is 11.9 Å². The van der Waals surface area contributed by atoms with E-state index in [1.165, 1.54) is 0 Å². The molecule has 0 saturated carbocycles. The van der Waals surface area contributed by atoms with E-state index in [0.29, 0.717) is 59.5 Å². The molecule has 48 heavy (non-hydrogen) atoms. The number of quaternary nitrogens is 1. The second-order valence-corrected chi connectivity index (χ2v) is 14.2. The van der Waals surface area contributed by atoms with Gasteiger partial charge in [0.25, 0.3) is 0 Å². The highest BCUT2D eigenvalue weighted by molar-refractivity contribution is 6.30. The van der Waals surface area contributed by atoms with Gasteiger partial charge in [-0.2, -0.15) is 0 Å². The van der Waals surface area contributed by atoms with Gasteiger partial charge in [0.1, 0.15) is 18.4 Å². The zero-order chi connectivity index (χ0) is 34.9. The number of carbonyl (C=O) groups is 3. The fraction of sp³-hybridized carbons (Fsp3) is 0.583. The first-order chi connectivity index (χ1) is 22.8. The Morgan fingerprint density at radius 2 is 1.79 bits per heavy atom. The van der Waals surface area contributed by atoms with E-state index in [1.807, 2.05) is 38.1 Å². The van der Waals surface area contributed by atoms with E-state index in [9.17, 15) is 14.4 Å². The van der Waals surface area contributed by atoms with E-state index >= 15 is 0 Å². The third-order valence-corrected chi connectivity index (χ3v) is 10.0. The van der Waals surface area contributed by atoms with Crippen molar-refractivity contribution in [2.45, 2.75) is 59.4 Å². The lowest BCUT2D eigenvalue weighted by Gasteiger charge is -2.51. The summed E-state index contributed by atoms with van der Waals surface area (Å²) >= 11 is 6.69. The van der Waals surface area contributed by atoms with Crippen molar-refractivity contribution in [3.05, 3.63) is 52.5 Å². The molecule has 1 amide bonds. The fourth-order valence-corrected chi connectivity index (χ4v) is 7.55. The van der Waals surface area contributed by atoms with Crippen LogP contribution in [0.25, 0.3) is 0 Å². The van der Waals surface area contributed by atoms with Crippen LogP contribution in [-0.4, -0.2) is 88.7 Å². The molecule has 262 valence electrons. The Labute approximate surface area is 287 Å². The first kappa shape index (κ1) is 36.2. The molecule has 0 aromatic heterocycles. The second kappa shape index (κ2) is 14.4. The molecule has 2 aromatic carbocycles. The molecule has 0 radical (unpaired) electrons. The van der Waals surface area contributed by atoms with Crippen LogP contribution in [-0.2, 0) is 33.3 Å². The number of fused-ring (bicyclic) bond motifs is 1. The Kier molecular flexibility index (Phi) is 10.9. The normalized spacial score (nSPS) is 27.0. The molecule has 0 spiro atoms. The van der Waals surface area contributed by atoms with Crippen molar-refractivity contribution in [3.63, 3.8) is 0 Å². The molecule has 2 saturated heterocycles. The van der Waals surface area contributed by atoms with Gasteiger partial charge in [0, 0.05) is 35.5 Å². The number of amides is 1. The maximum atomic E-state index is 15.0. The van der Waals surface area contributed by atoms with Gasteiger partial charge in [0.2, 0.25) is 0 Å². The topological polar surface area (TPSA) is 110 Å². The van der Waals surface area contributed by atoms with Gasteiger partial charge in [0.15, 0.2) is 29.6 Å². The highest BCUT2D eigenvalue weighted by atomic mass is 35.5. The third-order valence-electron chi connectivity index (χ3n) is 9.79. The van der Waals surface area contributed by atoms with Crippen LogP contribution in [0.1, 0.15) is 64.7 Å². The number of rotatable bonds is 10. The molecular weight excluding hydrogens is 640 g/mol. The van der Waals surface area contributed by atoms with Crippen LogP contribution in [0.2, 0.25) is 5.02 Å². The molecule has 3 aliphatic rings. The molecule has 0 bridgehead atoms. The molecule has 0 aliphatic carbocycles. The number of hydrogen-bond acceptors (Lipinski definition) is 10. The predicted octanol–water partition coefficient (Wildman–Crippen LogP) is 5.50. The fourth-order valence-electron chi connectivity index (χ4n) is 7.37. The Hall–Kier alpha value is -3.06. The summed E-state index contributed by atoms with van der Waals surface area (Å²) in [7, 11) is 3.13. The van der Waals surface area contributed by atoms with Crippen molar-refractivity contribution in [2.24, 2.45) is 17.3 Å². The second-order valence-electron chi connectivity index (χ2n) is 13.8. The first-order valence-corrected chi connectivity index (χ1v) is 16.9. The average molecular weight is 688 g/mol. The highest BCUT2D eigenvalue weighted by Gasteiger charge is 2.57. The van der Waals surface area contributed by atoms with Crippen LogP contribution in [0.5, 0.6) is 11.5 Å². The lowest BCUT2D eigenvalue weighted by Crippen LogP contribution is -2.72. The summed E-state index contributed by atoms with van der Waals surface area (Å²) in [5, 5.41) is 2.55. The number of nitrogens with zero attached hydrogens (tertiary/aromatic N) is 2. The molecule has 11 nitrogen and oxygen atoms in total. The molecule has 2 fully saturated rings. The number of para-hydroxylation sites is 1. The average Bonchev–Trinajstić information content (AvgIpc) is 3.16. The minimum absolute atomic E-state index is 0.0433. The first-order valence-electron chi connectivity index (χ1n) is 16.5. The van der Waals surface area contributed by atoms with Crippen molar-refractivity contribution in [1.82, 2.24) is 9.60 Å². The van der Waals surface area contributed by atoms with E-state index < -0.39 is 23.2 Å². The molecule has 2 aromatic rings. The maximum absolute atomic E-state index is 15.0. The monoisotopic (exact) mass is 687 g/mol. The summed E-state index contributed by atoms with van der Waals surface area (Å²) in [6.07, 6.45) is -0.0750. The molecule has 2 unspecified atom stereocenters. The molecule has 0 N–H and O–H groups in total. The maximum Gasteiger partial charge on any atom is 0.363 e. The summed E-state index contributed by atoms with van der Waals surface area (Å²) < 4.78 is 35.3. The van der Waals surface area contributed by atoms with Gasteiger partial charge < -0.3 is 28.4 Å². The van der Waals surface area contributed by atoms with Gasteiger partial charge in [-0.05, 0) is 65.2 Å². The van der Waals surface area contributed by atoms with Crippen molar-refractivity contribution >= 4 is 34.9 Å². The van der Waals surface area contributed by atoms with Gasteiger partial charge in [-0.15, -0.1) is 9.60 Å². The minimum atomic E-state index is -0.763. The Bertz CT molecular complexity index is 1520. The molecule has 4 atom stereocenters. The number of methoxy groups -OCH3 is 2. The van der Waals surface area contributed by atoms with Crippen LogP contribution in [0.3, 0.4) is 0 Å².